The average Bonchev–Trinajstić information content (AvgIpc) is 2.62. The van der Waals surface area contributed by atoms with Crippen molar-refractivity contribution in [3.05, 3.63) is 95.3 Å². The van der Waals surface area contributed by atoms with E-state index in [1.807, 2.05) is 6.92 Å². The SMILES string of the molecule is Cc1ccc(N(Cc2ccc(F)cc2F)S(=O)(=O)c2cccc(F)c2)cc1. The summed E-state index contributed by atoms with van der Waals surface area (Å²) in [7, 11) is -4.18. The summed E-state index contributed by atoms with van der Waals surface area (Å²) in [6.07, 6.45) is 0. The largest absolute Gasteiger partial charge is 0.264 e. The lowest BCUT2D eigenvalue weighted by molar-refractivity contribution is 0.568. The first-order chi connectivity index (χ1) is 12.8. The molecule has 0 spiro atoms. The minimum absolute atomic E-state index is 0.00282. The molecule has 140 valence electrons. The van der Waals surface area contributed by atoms with E-state index in [-0.39, 0.29) is 22.7 Å². The van der Waals surface area contributed by atoms with Crippen molar-refractivity contribution >= 4 is 15.7 Å². The van der Waals surface area contributed by atoms with Gasteiger partial charge >= 0.3 is 0 Å². The minimum Gasteiger partial charge on any atom is -0.262 e. The van der Waals surface area contributed by atoms with Crippen LogP contribution in [0, 0.1) is 24.4 Å². The molecule has 0 aliphatic rings. The number of sulfonamides is 1. The summed E-state index contributed by atoms with van der Waals surface area (Å²) < 4.78 is 68.1. The third-order valence-electron chi connectivity index (χ3n) is 4.04. The molecule has 0 fully saturated rings. The van der Waals surface area contributed by atoms with Gasteiger partial charge in [0.2, 0.25) is 0 Å². The van der Waals surface area contributed by atoms with Gasteiger partial charge in [-0.2, -0.15) is 0 Å². The fourth-order valence-corrected chi connectivity index (χ4v) is 4.06. The molecule has 3 nitrogen and oxygen atoms in total. The summed E-state index contributed by atoms with van der Waals surface area (Å²) in [5.41, 5.74) is 1.19. The zero-order valence-electron chi connectivity index (χ0n) is 14.4. The Hall–Kier alpha value is -2.80. The van der Waals surface area contributed by atoms with Crippen LogP contribution in [0.3, 0.4) is 0 Å². The molecule has 0 heterocycles. The first-order valence-electron chi connectivity index (χ1n) is 8.06. The number of nitrogens with zero attached hydrogens (tertiary/aromatic N) is 1. The summed E-state index contributed by atoms with van der Waals surface area (Å²) in [5.74, 6) is -2.32. The van der Waals surface area contributed by atoms with E-state index < -0.39 is 27.5 Å². The molecule has 0 bridgehead atoms. The van der Waals surface area contributed by atoms with E-state index in [0.29, 0.717) is 6.07 Å². The average molecular weight is 391 g/mol. The van der Waals surface area contributed by atoms with Gasteiger partial charge in [-0.25, -0.2) is 21.6 Å². The maximum Gasteiger partial charge on any atom is 0.264 e. The van der Waals surface area contributed by atoms with Gasteiger partial charge in [-0.1, -0.05) is 29.8 Å². The smallest absolute Gasteiger partial charge is 0.262 e. The van der Waals surface area contributed by atoms with Crippen LogP contribution in [0.5, 0.6) is 0 Å². The van der Waals surface area contributed by atoms with E-state index in [9.17, 15) is 21.6 Å². The van der Waals surface area contributed by atoms with E-state index in [4.69, 9.17) is 0 Å². The second kappa shape index (κ2) is 7.44. The lowest BCUT2D eigenvalue weighted by atomic mass is 10.2. The zero-order valence-corrected chi connectivity index (χ0v) is 15.2. The van der Waals surface area contributed by atoms with Crippen molar-refractivity contribution < 1.29 is 21.6 Å². The Labute approximate surface area is 155 Å². The highest BCUT2D eigenvalue weighted by Crippen LogP contribution is 2.27. The number of aryl methyl sites for hydroxylation is 1. The maximum atomic E-state index is 14.1. The number of anilines is 1. The Bertz CT molecular complexity index is 1070. The monoisotopic (exact) mass is 391 g/mol. The molecule has 3 aromatic rings. The molecule has 0 saturated heterocycles. The van der Waals surface area contributed by atoms with Crippen LogP contribution in [0.15, 0.2) is 71.6 Å². The summed E-state index contributed by atoms with van der Waals surface area (Å²) in [5, 5.41) is 0. The Morgan fingerprint density at radius 1 is 0.852 bits per heavy atom. The van der Waals surface area contributed by atoms with Crippen LogP contribution in [-0.4, -0.2) is 8.42 Å². The van der Waals surface area contributed by atoms with E-state index in [2.05, 4.69) is 0 Å². The van der Waals surface area contributed by atoms with Crippen molar-refractivity contribution in [3.63, 3.8) is 0 Å². The molecule has 27 heavy (non-hydrogen) atoms. The van der Waals surface area contributed by atoms with Gasteiger partial charge in [-0.05, 0) is 43.3 Å². The van der Waals surface area contributed by atoms with E-state index in [1.54, 1.807) is 24.3 Å². The fourth-order valence-electron chi connectivity index (χ4n) is 2.59. The van der Waals surface area contributed by atoms with Crippen molar-refractivity contribution in [2.24, 2.45) is 0 Å². The molecule has 3 aromatic carbocycles. The Kier molecular flexibility index (Phi) is 5.23. The van der Waals surface area contributed by atoms with E-state index in [0.717, 1.165) is 28.1 Å². The summed E-state index contributed by atoms with van der Waals surface area (Å²) in [6.45, 7) is 1.48. The molecular formula is C20H16F3NO2S. The van der Waals surface area contributed by atoms with Crippen molar-refractivity contribution in [1.29, 1.82) is 0 Å². The summed E-state index contributed by atoms with van der Waals surface area (Å²) >= 11 is 0. The van der Waals surface area contributed by atoms with Crippen LogP contribution >= 0.6 is 0 Å². The molecule has 0 aliphatic heterocycles. The van der Waals surface area contributed by atoms with Gasteiger partial charge in [0.25, 0.3) is 10.0 Å². The standard InChI is InChI=1S/C20H16F3NO2S/c1-14-5-9-18(10-6-14)24(13-15-7-8-17(22)12-20(15)23)27(25,26)19-4-2-3-16(21)11-19/h2-12H,13H2,1H3. The van der Waals surface area contributed by atoms with Crippen LogP contribution in [0.25, 0.3) is 0 Å². The first kappa shape index (κ1) is 19.0. The molecular weight excluding hydrogens is 375 g/mol. The minimum atomic E-state index is -4.18. The van der Waals surface area contributed by atoms with Crippen molar-refractivity contribution in [2.75, 3.05) is 4.31 Å². The normalized spacial score (nSPS) is 11.4. The predicted octanol–water partition coefficient (Wildman–Crippen LogP) is 4.81. The second-order valence-corrected chi connectivity index (χ2v) is 7.90. The van der Waals surface area contributed by atoms with Gasteiger partial charge in [0.15, 0.2) is 0 Å². The number of benzene rings is 3. The van der Waals surface area contributed by atoms with Gasteiger partial charge in [0.1, 0.15) is 17.5 Å². The molecule has 0 radical (unpaired) electrons. The lowest BCUT2D eigenvalue weighted by Crippen LogP contribution is -2.31. The molecule has 0 aliphatic carbocycles. The summed E-state index contributed by atoms with van der Waals surface area (Å²) in [6, 6.07) is 14.1. The Morgan fingerprint density at radius 2 is 1.52 bits per heavy atom. The van der Waals surface area contributed by atoms with Crippen LogP contribution < -0.4 is 4.31 Å². The number of hydrogen-bond donors (Lipinski definition) is 0. The molecule has 0 aromatic heterocycles. The zero-order chi connectivity index (χ0) is 19.6. The highest BCUT2D eigenvalue weighted by Gasteiger charge is 2.26. The van der Waals surface area contributed by atoms with Crippen LogP contribution in [0.2, 0.25) is 0 Å². The summed E-state index contributed by atoms with van der Waals surface area (Å²) in [4.78, 5) is -0.259. The molecule has 0 N–H and O–H groups in total. The van der Waals surface area contributed by atoms with Crippen LogP contribution in [0.1, 0.15) is 11.1 Å². The molecule has 0 amide bonds. The third kappa shape index (κ3) is 4.14. The Balaban J connectivity index is 2.11. The van der Waals surface area contributed by atoms with Gasteiger partial charge in [-0.3, -0.25) is 4.31 Å². The highest BCUT2D eigenvalue weighted by atomic mass is 32.2. The van der Waals surface area contributed by atoms with Gasteiger partial charge in [-0.15, -0.1) is 0 Å². The molecule has 0 unspecified atom stereocenters. The topological polar surface area (TPSA) is 37.4 Å². The van der Waals surface area contributed by atoms with Crippen LogP contribution in [-0.2, 0) is 16.6 Å². The van der Waals surface area contributed by atoms with Gasteiger partial charge in [0, 0.05) is 11.6 Å². The van der Waals surface area contributed by atoms with E-state index >= 15 is 0 Å². The maximum absolute atomic E-state index is 14.1. The predicted molar refractivity (Wildman–Crippen MR) is 97.3 cm³/mol. The van der Waals surface area contributed by atoms with Crippen molar-refractivity contribution in [1.82, 2.24) is 0 Å². The molecule has 0 saturated carbocycles. The third-order valence-corrected chi connectivity index (χ3v) is 5.80. The molecule has 3 rings (SSSR count). The number of hydrogen-bond acceptors (Lipinski definition) is 2. The lowest BCUT2D eigenvalue weighted by Gasteiger charge is -2.25. The van der Waals surface area contributed by atoms with Gasteiger partial charge < -0.3 is 0 Å². The quantitative estimate of drug-likeness (QED) is 0.626. The Morgan fingerprint density at radius 3 is 2.15 bits per heavy atom. The number of rotatable bonds is 5. The highest BCUT2D eigenvalue weighted by molar-refractivity contribution is 7.92. The number of halogens is 3. The van der Waals surface area contributed by atoms with Crippen LogP contribution in [0.4, 0.5) is 18.9 Å². The van der Waals surface area contributed by atoms with Crippen molar-refractivity contribution in [2.45, 2.75) is 18.4 Å². The fraction of sp³-hybridized carbons (Fsp3) is 0.100. The molecule has 0 atom stereocenters. The van der Waals surface area contributed by atoms with E-state index in [1.165, 1.54) is 18.2 Å². The first-order valence-corrected chi connectivity index (χ1v) is 9.50. The molecule has 7 heteroatoms. The van der Waals surface area contributed by atoms with Gasteiger partial charge in [0.05, 0.1) is 17.1 Å². The second-order valence-electron chi connectivity index (χ2n) is 6.04. The van der Waals surface area contributed by atoms with Crippen molar-refractivity contribution in [3.8, 4) is 0 Å².